The molecule has 11 heteroatoms. The molecule has 148 valence electrons. The van der Waals surface area contributed by atoms with E-state index in [4.69, 9.17) is 15.9 Å². The lowest BCUT2D eigenvalue weighted by molar-refractivity contribution is -0.175. The number of carboxylic acids is 1. The third kappa shape index (κ3) is 5.90. The number of nitrogens with two attached hydrogens (primary N) is 1. The summed E-state index contributed by atoms with van der Waals surface area (Å²) in [7, 11) is 0. The Morgan fingerprint density at radius 1 is 1.38 bits per heavy atom. The number of nitrogens with one attached hydrogen (secondary N) is 3. The maximum Gasteiger partial charge on any atom is 0.471 e. The van der Waals surface area contributed by atoms with Gasteiger partial charge in [0.05, 0.1) is 24.3 Å². The zero-order valence-electron chi connectivity index (χ0n) is 14.4. The third-order valence-corrected chi connectivity index (χ3v) is 4.02. The van der Waals surface area contributed by atoms with Crippen LogP contribution in [0.15, 0.2) is 11.6 Å². The number of amides is 1. The molecule has 0 saturated carbocycles. The van der Waals surface area contributed by atoms with Crippen molar-refractivity contribution in [3.8, 4) is 0 Å². The summed E-state index contributed by atoms with van der Waals surface area (Å²) in [5.41, 5.74) is 5.15. The van der Waals surface area contributed by atoms with Crippen molar-refractivity contribution in [3.05, 3.63) is 11.6 Å². The van der Waals surface area contributed by atoms with Crippen LogP contribution in [-0.4, -0.2) is 53.4 Å². The van der Waals surface area contributed by atoms with Gasteiger partial charge in [0.1, 0.15) is 0 Å². The lowest BCUT2D eigenvalue weighted by Crippen LogP contribution is -2.62. The molecule has 0 unspecified atom stereocenters. The number of carboxylic acid groups (broad SMARTS) is 1. The summed E-state index contributed by atoms with van der Waals surface area (Å²) in [5.74, 6) is -4.00. The maximum atomic E-state index is 12.7. The number of alkyl halides is 3. The molecule has 0 bridgehead atoms. The Morgan fingerprint density at radius 3 is 2.38 bits per heavy atom. The first-order chi connectivity index (χ1) is 12.0. The van der Waals surface area contributed by atoms with Gasteiger partial charge in [-0.05, 0) is 18.9 Å². The average Bonchev–Trinajstić information content (AvgIpc) is 2.52. The summed E-state index contributed by atoms with van der Waals surface area (Å²) in [5, 5.41) is 20.8. The van der Waals surface area contributed by atoms with Gasteiger partial charge in [0.15, 0.2) is 5.96 Å². The van der Waals surface area contributed by atoms with Crippen LogP contribution in [0, 0.1) is 5.41 Å². The first-order valence-corrected chi connectivity index (χ1v) is 8.07. The van der Waals surface area contributed by atoms with E-state index in [1.807, 2.05) is 19.2 Å². The predicted octanol–water partition coefficient (Wildman–Crippen LogP) is 0.874. The fraction of sp³-hybridized carbons (Fsp3) is 0.667. The molecule has 8 nitrogen and oxygen atoms in total. The number of carbonyl (C=O) groups is 2. The fourth-order valence-corrected chi connectivity index (χ4v) is 2.71. The van der Waals surface area contributed by atoms with Crippen molar-refractivity contribution < 1.29 is 32.6 Å². The molecule has 0 aromatic heterocycles. The van der Waals surface area contributed by atoms with Gasteiger partial charge in [0, 0.05) is 12.0 Å². The van der Waals surface area contributed by atoms with Gasteiger partial charge >= 0.3 is 18.1 Å². The molecule has 3 atom stereocenters. The highest BCUT2D eigenvalue weighted by atomic mass is 19.4. The van der Waals surface area contributed by atoms with E-state index in [-0.39, 0.29) is 18.1 Å². The Kier molecular flexibility index (Phi) is 7.42. The van der Waals surface area contributed by atoms with E-state index in [1.54, 1.807) is 0 Å². The van der Waals surface area contributed by atoms with Gasteiger partial charge < -0.3 is 26.2 Å². The van der Waals surface area contributed by atoms with Gasteiger partial charge in [0.25, 0.3) is 0 Å². The summed E-state index contributed by atoms with van der Waals surface area (Å²) < 4.78 is 43.7. The molecule has 0 spiro atoms. The number of hydrogen-bond acceptors (Lipinski definition) is 4. The number of carbonyl (C=O) groups excluding carboxylic acids is 1. The third-order valence-electron chi connectivity index (χ3n) is 4.02. The van der Waals surface area contributed by atoms with Crippen LogP contribution >= 0.6 is 0 Å². The van der Waals surface area contributed by atoms with Crippen LogP contribution in [0.25, 0.3) is 0 Å². The number of ether oxygens (including phenoxy) is 1. The van der Waals surface area contributed by atoms with Gasteiger partial charge in [-0.2, -0.15) is 13.2 Å². The molecule has 0 aromatic carbocycles. The first kappa shape index (κ1) is 21.7. The number of hydrogen-bond donors (Lipinski definition) is 5. The van der Waals surface area contributed by atoms with Crippen LogP contribution in [0.1, 0.15) is 33.1 Å². The molecule has 1 rings (SSSR count). The van der Waals surface area contributed by atoms with Crippen molar-refractivity contribution in [2.45, 2.75) is 63.6 Å². The van der Waals surface area contributed by atoms with Crippen molar-refractivity contribution >= 4 is 17.8 Å². The molecule has 0 aromatic rings. The Hall–Kier alpha value is -2.30. The molecule has 0 heterocycles. The molecule has 1 aliphatic rings. The van der Waals surface area contributed by atoms with E-state index < -0.39 is 42.2 Å². The second kappa shape index (κ2) is 8.88. The summed E-state index contributed by atoms with van der Waals surface area (Å²) in [6.45, 7) is 3.63. The van der Waals surface area contributed by atoms with Gasteiger partial charge in [-0.3, -0.25) is 10.2 Å². The molecule has 1 amide bonds. The summed E-state index contributed by atoms with van der Waals surface area (Å²) in [6.07, 6.45) is -4.52. The van der Waals surface area contributed by atoms with Crippen molar-refractivity contribution in [2.24, 2.45) is 5.73 Å². The first-order valence-electron chi connectivity index (χ1n) is 8.07. The van der Waals surface area contributed by atoms with E-state index in [0.717, 1.165) is 0 Å². The highest BCUT2D eigenvalue weighted by Crippen LogP contribution is 2.26. The normalized spacial score (nSPS) is 23.3. The van der Waals surface area contributed by atoms with Gasteiger partial charge in [0.2, 0.25) is 0 Å². The second-order valence-electron chi connectivity index (χ2n) is 5.90. The van der Waals surface area contributed by atoms with E-state index in [9.17, 15) is 27.9 Å². The quantitative estimate of drug-likeness (QED) is 0.328. The smallest absolute Gasteiger partial charge is 0.471 e. The number of halogens is 3. The van der Waals surface area contributed by atoms with E-state index in [0.29, 0.717) is 12.8 Å². The largest absolute Gasteiger partial charge is 0.478 e. The van der Waals surface area contributed by atoms with Crippen molar-refractivity contribution in [1.29, 1.82) is 5.41 Å². The minimum atomic E-state index is -5.11. The Morgan fingerprint density at radius 2 is 1.96 bits per heavy atom. The zero-order valence-corrected chi connectivity index (χ0v) is 14.4. The van der Waals surface area contributed by atoms with Crippen molar-refractivity contribution in [3.63, 3.8) is 0 Å². The number of aliphatic carboxylic acids is 1. The Labute approximate surface area is 148 Å². The van der Waals surface area contributed by atoms with Crippen LogP contribution in [0.3, 0.4) is 0 Å². The minimum absolute atomic E-state index is 0.0998. The van der Waals surface area contributed by atoms with Crippen LogP contribution in [0.4, 0.5) is 13.2 Å². The van der Waals surface area contributed by atoms with Crippen LogP contribution in [0.5, 0.6) is 0 Å². The van der Waals surface area contributed by atoms with Crippen LogP contribution in [-0.2, 0) is 14.3 Å². The van der Waals surface area contributed by atoms with Crippen LogP contribution in [0.2, 0.25) is 0 Å². The molecule has 1 aliphatic carbocycles. The molecule has 26 heavy (non-hydrogen) atoms. The molecular formula is C15H23F3N4O4. The minimum Gasteiger partial charge on any atom is -0.478 e. The summed E-state index contributed by atoms with van der Waals surface area (Å²) in [6, 6.07) is -2.30. The Balaban J connectivity index is 3.23. The molecule has 0 saturated heterocycles. The van der Waals surface area contributed by atoms with E-state index >= 15 is 0 Å². The topological polar surface area (TPSA) is 138 Å². The summed E-state index contributed by atoms with van der Waals surface area (Å²) >= 11 is 0. The molecular weight excluding hydrogens is 357 g/mol. The highest BCUT2D eigenvalue weighted by molar-refractivity contribution is 5.88. The lowest BCUT2D eigenvalue weighted by Gasteiger charge is -2.38. The highest BCUT2D eigenvalue weighted by Gasteiger charge is 2.44. The van der Waals surface area contributed by atoms with Crippen molar-refractivity contribution in [2.75, 3.05) is 0 Å². The van der Waals surface area contributed by atoms with Crippen LogP contribution < -0.4 is 16.4 Å². The number of guanidine groups is 1. The average molecular weight is 380 g/mol. The molecule has 0 fully saturated rings. The Bertz CT molecular complexity index is 576. The zero-order chi connectivity index (χ0) is 20.1. The number of rotatable bonds is 7. The fourth-order valence-electron chi connectivity index (χ4n) is 2.71. The SMILES string of the molecule is CCC(CC)O[C@@H]1C=C(C(=O)O)C[C@H](NC(=N)N)[C@H]1NC(=O)C(F)(F)F. The second-order valence-corrected chi connectivity index (χ2v) is 5.90. The molecule has 6 N–H and O–H groups in total. The maximum absolute atomic E-state index is 12.7. The monoisotopic (exact) mass is 380 g/mol. The van der Waals surface area contributed by atoms with E-state index in [2.05, 4.69) is 5.32 Å². The van der Waals surface area contributed by atoms with Crippen molar-refractivity contribution in [1.82, 2.24) is 10.6 Å². The summed E-state index contributed by atoms with van der Waals surface area (Å²) in [4.78, 5) is 22.7. The standard InChI is InChI=1S/C15H23F3N4O4/c1-3-8(4-2)26-10-6-7(12(23)24)5-9(21-14(19)20)11(10)22-13(25)15(16,17)18/h6,8-11H,3-5H2,1-2H3,(H,22,25)(H,23,24)(H4,19,20,21)/t9-,10+,11+/m0/s1. The van der Waals surface area contributed by atoms with Gasteiger partial charge in [-0.1, -0.05) is 13.8 Å². The lowest BCUT2D eigenvalue weighted by atomic mass is 9.87. The van der Waals surface area contributed by atoms with Gasteiger partial charge in [-0.15, -0.1) is 0 Å². The molecule has 0 radical (unpaired) electrons. The van der Waals surface area contributed by atoms with Gasteiger partial charge in [-0.25, -0.2) is 4.79 Å². The predicted molar refractivity (Wildman–Crippen MR) is 86.4 cm³/mol. The van der Waals surface area contributed by atoms with E-state index in [1.165, 1.54) is 6.08 Å². The molecule has 0 aliphatic heterocycles.